The molecular weight excluding hydrogens is 308 g/mol. The summed E-state index contributed by atoms with van der Waals surface area (Å²) in [6, 6.07) is 11.9. The molecule has 0 radical (unpaired) electrons. The van der Waals surface area contributed by atoms with E-state index in [0.717, 1.165) is 0 Å². The van der Waals surface area contributed by atoms with Crippen LogP contribution in [0.5, 0.6) is 0 Å². The maximum absolute atomic E-state index is 11.5. The molecule has 0 unspecified atom stereocenters. The van der Waals surface area contributed by atoms with E-state index >= 15 is 0 Å². The Kier molecular flexibility index (Phi) is 3.66. The van der Waals surface area contributed by atoms with Crippen LogP contribution in [0.15, 0.2) is 46.9 Å². The van der Waals surface area contributed by atoms with Crippen LogP contribution in [0.2, 0.25) is 0 Å². The van der Waals surface area contributed by atoms with Gasteiger partial charge in [-0.2, -0.15) is 0 Å². The molecule has 2 aromatic rings. The third kappa shape index (κ3) is 2.51. The van der Waals surface area contributed by atoms with E-state index in [0.29, 0.717) is 26.7 Å². The number of primary amides is 2. The third-order valence-corrected chi connectivity index (χ3v) is 3.40. The van der Waals surface area contributed by atoms with E-state index < -0.39 is 11.8 Å². The summed E-state index contributed by atoms with van der Waals surface area (Å²) in [5.74, 6) is -1.11. The highest BCUT2D eigenvalue weighted by Crippen LogP contribution is 2.33. The number of rotatable bonds is 3. The van der Waals surface area contributed by atoms with Gasteiger partial charge in [-0.3, -0.25) is 9.59 Å². The fourth-order valence-corrected chi connectivity index (χ4v) is 2.50. The highest BCUT2D eigenvalue weighted by molar-refractivity contribution is 9.10. The van der Waals surface area contributed by atoms with Crippen molar-refractivity contribution in [2.45, 2.75) is 0 Å². The van der Waals surface area contributed by atoms with E-state index in [2.05, 4.69) is 15.9 Å². The maximum atomic E-state index is 11.5. The number of hydrogen-bond acceptors (Lipinski definition) is 2. The topological polar surface area (TPSA) is 86.2 Å². The van der Waals surface area contributed by atoms with Crippen molar-refractivity contribution in [1.29, 1.82) is 0 Å². The van der Waals surface area contributed by atoms with Crippen LogP contribution in [0.1, 0.15) is 20.7 Å². The van der Waals surface area contributed by atoms with Crippen molar-refractivity contribution in [2.24, 2.45) is 11.5 Å². The summed E-state index contributed by atoms with van der Waals surface area (Å²) in [5, 5.41) is 0. The number of carbonyl (C=O) groups is 2. The number of nitrogens with two attached hydrogens (primary N) is 2. The number of carbonyl (C=O) groups excluding carboxylic acids is 2. The normalized spacial score (nSPS) is 10.2. The summed E-state index contributed by atoms with van der Waals surface area (Å²) in [6.07, 6.45) is 0. The lowest BCUT2D eigenvalue weighted by Gasteiger charge is -2.12. The van der Waals surface area contributed by atoms with E-state index in [9.17, 15) is 9.59 Å². The predicted molar refractivity (Wildman–Crippen MR) is 76.6 cm³/mol. The van der Waals surface area contributed by atoms with E-state index in [1.165, 1.54) is 0 Å². The first-order valence-corrected chi connectivity index (χ1v) is 6.29. The van der Waals surface area contributed by atoms with Gasteiger partial charge in [0, 0.05) is 21.2 Å². The van der Waals surface area contributed by atoms with Crippen molar-refractivity contribution < 1.29 is 9.59 Å². The third-order valence-electron chi connectivity index (χ3n) is 2.74. The van der Waals surface area contributed by atoms with Crippen LogP contribution in [0.4, 0.5) is 0 Å². The maximum Gasteiger partial charge on any atom is 0.249 e. The summed E-state index contributed by atoms with van der Waals surface area (Å²) < 4.78 is 0.678. The Bertz CT molecular complexity index is 668. The summed E-state index contributed by atoms with van der Waals surface area (Å²) >= 11 is 3.38. The van der Waals surface area contributed by atoms with Gasteiger partial charge in [0.1, 0.15) is 0 Å². The fourth-order valence-electron chi connectivity index (χ4n) is 1.92. The zero-order valence-corrected chi connectivity index (χ0v) is 11.5. The molecule has 0 bridgehead atoms. The van der Waals surface area contributed by atoms with Crippen molar-refractivity contribution in [2.75, 3.05) is 0 Å². The molecule has 0 atom stereocenters. The Labute approximate surface area is 118 Å². The minimum atomic E-state index is -0.560. The Balaban J connectivity index is 2.79. The zero-order valence-electron chi connectivity index (χ0n) is 9.89. The van der Waals surface area contributed by atoms with Gasteiger partial charge in [-0.15, -0.1) is 0 Å². The molecule has 4 nitrogen and oxygen atoms in total. The summed E-state index contributed by atoms with van der Waals surface area (Å²) in [4.78, 5) is 23.0. The van der Waals surface area contributed by atoms with Gasteiger partial charge in [0.05, 0.1) is 0 Å². The molecule has 2 rings (SSSR count). The number of hydrogen-bond donors (Lipinski definition) is 2. The van der Waals surface area contributed by atoms with Gasteiger partial charge < -0.3 is 11.5 Å². The molecule has 5 heteroatoms. The smallest absolute Gasteiger partial charge is 0.249 e. The van der Waals surface area contributed by atoms with Gasteiger partial charge in [0.15, 0.2) is 0 Å². The van der Waals surface area contributed by atoms with Crippen LogP contribution < -0.4 is 11.5 Å². The molecule has 0 spiro atoms. The SMILES string of the molecule is NC(=O)c1ccccc1-c1c(Br)cccc1C(N)=O. The monoisotopic (exact) mass is 318 g/mol. The van der Waals surface area contributed by atoms with Gasteiger partial charge in [-0.25, -0.2) is 0 Å². The van der Waals surface area contributed by atoms with Crippen LogP contribution >= 0.6 is 15.9 Å². The fraction of sp³-hybridized carbons (Fsp3) is 0. The Morgan fingerprint density at radius 2 is 1.42 bits per heavy atom. The van der Waals surface area contributed by atoms with Crippen molar-refractivity contribution >= 4 is 27.7 Å². The summed E-state index contributed by atoms with van der Waals surface area (Å²) in [5.41, 5.74) is 12.6. The zero-order chi connectivity index (χ0) is 14.0. The molecule has 0 aliphatic carbocycles. The van der Waals surface area contributed by atoms with E-state index in [-0.39, 0.29) is 0 Å². The average molecular weight is 319 g/mol. The second kappa shape index (κ2) is 5.24. The number of amides is 2. The predicted octanol–water partition coefficient (Wildman–Crippen LogP) is 2.31. The molecular formula is C14H11BrN2O2. The largest absolute Gasteiger partial charge is 0.366 e. The molecule has 0 saturated carbocycles. The Hall–Kier alpha value is -2.14. The molecule has 4 N–H and O–H groups in total. The van der Waals surface area contributed by atoms with Crippen LogP contribution in [0, 0.1) is 0 Å². The first-order valence-electron chi connectivity index (χ1n) is 5.50. The van der Waals surface area contributed by atoms with Crippen LogP contribution in [-0.4, -0.2) is 11.8 Å². The lowest BCUT2D eigenvalue weighted by atomic mass is 9.95. The standard InChI is InChI=1S/C14H11BrN2O2/c15-11-7-3-6-10(14(17)19)12(11)8-4-1-2-5-9(8)13(16)18/h1-7H,(H2,16,18)(H2,17,19). The number of benzene rings is 2. The average Bonchev–Trinajstić information content (AvgIpc) is 2.38. The molecule has 0 fully saturated rings. The molecule has 96 valence electrons. The van der Waals surface area contributed by atoms with E-state index in [1.54, 1.807) is 42.5 Å². The van der Waals surface area contributed by atoms with Gasteiger partial charge in [-0.1, -0.05) is 40.2 Å². The first-order chi connectivity index (χ1) is 9.02. The van der Waals surface area contributed by atoms with Gasteiger partial charge in [0.2, 0.25) is 11.8 Å². The molecule has 2 amide bonds. The molecule has 0 aliphatic heterocycles. The lowest BCUT2D eigenvalue weighted by molar-refractivity contribution is 0.0990. The quantitative estimate of drug-likeness (QED) is 0.909. The van der Waals surface area contributed by atoms with Crippen LogP contribution in [-0.2, 0) is 0 Å². The minimum Gasteiger partial charge on any atom is -0.366 e. The molecule has 0 heterocycles. The Morgan fingerprint density at radius 3 is 2.05 bits per heavy atom. The molecule has 0 aromatic heterocycles. The number of halogens is 1. The van der Waals surface area contributed by atoms with Crippen molar-refractivity contribution in [3.63, 3.8) is 0 Å². The van der Waals surface area contributed by atoms with Gasteiger partial charge in [0.25, 0.3) is 0 Å². The van der Waals surface area contributed by atoms with Gasteiger partial charge in [-0.05, 0) is 23.8 Å². The molecule has 19 heavy (non-hydrogen) atoms. The van der Waals surface area contributed by atoms with Crippen molar-refractivity contribution in [1.82, 2.24) is 0 Å². The second-order valence-corrected chi connectivity index (χ2v) is 4.79. The van der Waals surface area contributed by atoms with Crippen molar-refractivity contribution in [3.05, 3.63) is 58.1 Å². The highest BCUT2D eigenvalue weighted by Gasteiger charge is 2.17. The van der Waals surface area contributed by atoms with E-state index in [1.807, 2.05) is 0 Å². The highest BCUT2D eigenvalue weighted by atomic mass is 79.9. The second-order valence-electron chi connectivity index (χ2n) is 3.94. The van der Waals surface area contributed by atoms with E-state index in [4.69, 9.17) is 11.5 Å². The van der Waals surface area contributed by atoms with Crippen LogP contribution in [0.25, 0.3) is 11.1 Å². The minimum absolute atomic E-state index is 0.336. The van der Waals surface area contributed by atoms with Crippen LogP contribution in [0.3, 0.4) is 0 Å². The Morgan fingerprint density at radius 1 is 0.842 bits per heavy atom. The lowest BCUT2D eigenvalue weighted by Crippen LogP contribution is -2.15. The summed E-state index contributed by atoms with van der Waals surface area (Å²) in [6.45, 7) is 0. The molecule has 0 saturated heterocycles. The van der Waals surface area contributed by atoms with Gasteiger partial charge >= 0.3 is 0 Å². The molecule has 0 aliphatic rings. The first kappa shape index (κ1) is 13.3. The molecule has 2 aromatic carbocycles. The van der Waals surface area contributed by atoms with Crippen molar-refractivity contribution in [3.8, 4) is 11.1 Å². The summed E-state index contributed by atoms with van der Waals surface area (Å²) in [7, 11) is 0.